The summed E-state index contributed by atoms with van der Waals surface area (Å²) in [4.78, 5) is 16.5. The van der Waals surface area contributed by atoms with Crippen molar-refractivity contribution in [3.05, 3.63) is 34.2 Å². The van der Waals surface area contributed by atoms with Gasteiger partial charge in [0.15, 0.2) is 11.5 Å². The summed E-state index contributed by atoms with van der Waals surface area (Å²) in [5.74, 6) is 2.45. The van der Waals surface area contributed by atoms with Gasteiger partial charge in [-0.15, -0.1) is 0 Å². The van der Waals surface area contributed by atoms with E-state index in [1.165, 1.54) is 0 Å². The van der Waals surface area contributed by atoms with Gasteiger partial charge in [-0.2, -0.15) is 4.98 Å². The second kappa shape index (κ2) is 6.55. The molecule has 0 saturated carbocycles. The molecule has 1 aliphatic rings. The predicted molar refractivity (Wildman–Crippen MR) is 94.1 cm³/mol. The molecule has 0 unspecified atom stereocenters. The molecule has 0 radical (unpaired) electrons. The minimum Gasteiger partial charge on any atom is -0.493 e. The lowest BCUT2D eigenvalue weighted by atomic mass is 9.97. The summed E-state index contributed by atoms with van der Waals surface area (Å²) in [5.41, 5.74) is 2.78. The van der Waals surface area contributed by atoms with Crippen molar-refractivity contribution in [3.8, 4) is 22.8 Å². The lowest BCUT2D eigenvalue weighted by molar-refractivity contribution is 0.354. The van der Waals surface area contributed by atoms with Crippen LogP contribution in [0.2, 0.25) is 0 Å². The van der Waals surface area contributed by atoms with Crippen LogP contribution in [0.15, 0.2) is 23.0 Å². The average Bonchev–Trinajstić information content (AvgIpc) is 2.58. The SMILES string of the molecule is COc1cc2c(cc1OC)-c1cc(NCC(C)C)nc(=O)n1CC2. The van der Waals surface area contributed by atoms with Gasteiger partial charge in [0.2, 0.25) is 0 Å². The second-order valence-electron chi connectivity index (χ2n) is 6.35. The molecule has 1 aromatic heterocycles. The molecule has 2 aromatic rings. The van der Waals surface area contributed by atoms with Crippen molar-refractivity contribution < 1.29 is 9.47 Å². The third kappa shape index (κ3) is 2.96. The summed E-state index contributed by atoms with van der Waals surface area (Å²) in [7, 11) is 3.24. The number of ether oxygens (including phenoxy) is 2. The Balaban J connectivity index is 2.10. The van der Waals surface area contributed by atoms with Crippen LogP contribution in [0.1, 0.15) is 19.4 Å². The molecule has 0 fully saturated rings. The zero-order valence-electron chi connectivity index (χ0n) is 14.5. The lowest BCUT2D eigenvalue weighted by Crippen LogP contribution is -2.29. The number of anilines is 1. The largest absolute Gasteiger partial charge is 0.493 e. The van der Waals surface area contributed by atoms with Crippen molar-refractivity contribution >= 4 is 5.82 Å². The van der Waals surface area contributed by atoms with E-state index in [0.717, 1.165) is 29.8 Å². The standard InChI is InChI=1S/C18H23N3O3/c1-11(2)10-19-17-9-14-13-8-16(24-4)15(23-3)7-12(13)5-6-21(14)18(22)20-17/h7-9,11H,5-6,10H2,1-4H3,(H,19,20,22). The number of aromatic nitrogens is 2. The fraction of sp³-hybridized carbons (Fsp3) is 0.444. The van der Waals surface area contributed by atoms with Crippen molar-refractivity contribution in [2.45, 2.75) is 26.8 Å². The molecular weight excluding hydrogens is 306 g/mol. The van der Waals surface area contributed by atoms with E-state index in [2.05, 4.69) is 24.1 Å². The Labute approximate surface area is 141 Å². The van der Waals surface area contributed by atoms with Crippen LogP contribution in [0.5, 0.6) is 11.5 Å². The lowest BCUT2D eigenvalue weighted by Gasteiger charge is -2.23. The Morgan fingerprint density at radius 3 is 2.58 bits per heavy atom. The van der Waals surface area contributed by atoms with Crippen LogP contribution in [-0.2, 0) is 13.0 Å². The van der Waals surface area contributed by atoms with E-state index >= 15 is 0 Å². The number of benzene rings is 1. The van der Waals surface area contributed by atoms with Gasteiger partial charge >= 0.3 is 5.69 Å². The van der Waals surface area contributed by atoms with Crippen LogP contribution in [0.25, 0.3) is 11.3 Å². The van der Waals surface area contributed by atoms with Crippen LogP contribution in [0, 0.1) is 5.92 Å². The van der Waals surface area contributed by atoms with E-state index in [0.29, 0.717) is 29.8 Å². The quantitative estimate of drug-likeness (QED) is 0.913. The van der Waals surface area contributed by atoms with E-state index in [4.69, 9.17) is 9.47 Å². The molecule has 128 valence electrons. The van der Waals surface area contributed by atoms with E-state index in [1.54, 1.807) is 18.8 Å². The molecule has 1 aliphatic heterocycles. The van der Waals surface area contributed by atoms with Crippen LogP contribution < -0.4 is 20.5 Å². The molecule has 24 heavy (non-hydrogen) atoms. The van der Waals surface area contributed by atoms with Crippen molar-refractivity contribution in [2.24, 2.45) is 5.92 Å². The monoisotopic (exact) mass is 329 g/mol. The van der Waals surface area contributed by atoms with Gasteiger partial charge in [-0.1, -0.05) is 13.8 Å². The molecule has 1 N–H and O–H groups in total. The van der Waals surface area contributed by atoms with E-state index in [1.807, 2.05) is 18.2 Å². The van der Waals surface area contributed by atoms with Crippen molar-refractivity contribution in [1.29, 1.82) is 0 Å². The van der Waals surface area contributed by atoms with Crippen molar-refractivity contribution in [1.82, 2.24) is 9.55 Å². The minimum atomic E-state index is -0.223. The smallest absolute Gasteiger partial charge is 0.349 e. The third-order valence-corrected chi connectivity index (χ3v) is 4.19. The average molecular weight is 329 g/mol. The Bertz CT molecular complexity index is 812. The molecule has 3 rings (SSSR count). The second-order valence-corrected chi connectivity index (χ2v) is 6.35. The minimum absolute atomic E-state index is 0.223. The van der Waals surface area contributed by atoms with Crippen molar-refractivity contribution in [2.75, 3.05) is 26.1 Å². The highest BCUT2D eigenvalue weighted by Gasteiger charge is 2.21. The van der Waals surface area contributed by atoms with Gasteiger partial charge in [-0.25, -0.2) is 4.79 Å². The van der Waals surface area contributed by atoms with Gasteiger partial charge in [0.25, 0.3) is 0 Å². The maximum atomic E-state index is 12.4. The predicted octanol–water partition coefficient (Wildman–Crippen LogP) is 2.55. The molecular formula is C18H23N3O3. The van der Waals surface area contributed by atoms with Gasteiger partial charge < -0.3 is 14.8 Å². The molecule has 0 bridgehead atoms. The number of nitrogens with zero attached hydrogens (tertiary/aromatic N) is 2. The molecule has 0 amide bonds. The Hall–Kier alpha value is -2.50. The number of rotatable bonds is 5. The van der Waals surface area contributed by atoms with Crippen LogP contribution >= 0.6 is 0 Å². The maximum Gasteiger partial charge on any atom is 0.349 e. The fourth-order valence-electron chi connectivity index (χ4n) is 2.94. The molecule has 6 nitrogen and oxygen atoms in total. The summed E-state index contributed by atoms with van der Waals surface area (Å²) in [6.07, 6.45) is 0.767. The summed E-state index contributed by atoms with van der Waals surface area (Å²) >= 11 is 0. The highest BCUT2D eigenvalue weighted by atomic mass is 16.5. The Morgan fingerprint density at radius 2 is 1.92 bits per heavy atom. The number of nitrogens with one attached hydrogen (secondary N) is 1. The van der Waals surface area contributed by atoms with Crippen LogP contribution in [0.3, 0.4) is 0 Å². The highest BCUT2D eigenvalue weighted by molar-refractivity contribution is 5.71. The molecule has 0 spiro atoms. The summed E-state index contributed by atoms with van der Waals surface area (Å²) in [6, 6.07) is 5.86. The first-order valence-corrected chi connectivity index (χ1v) is 8.14. The van der Waals surface area contributed by atoms with Crippen molar-refractivity contribution in [3.63, 3.8) is 0 Å². The number of methoxy groups -OCH3 is 2. The number of fused-ring (bicyclic) bond motifs is 3. The normalized spacial score (nSPS) is 12.5. The molecule has 0 aliphatic carbocycles. The summed E-state index contributed by atoms with van der Waals surface area (Å²) < 4.78 is 12.5. The Morgan fingerprint density at radius 1 is 1.21 bits per heavy atom. The molecule has 2 heterocycles. The van der Waals surface area contributed by atoms with Gasteiger partial charge in [0, 0.05) is 24.7 Å². The third-order valence-electron chi connectivity index (χ3n) is 4.19. The molecule has 0 atom stereocenters. The van der Waals surface area contributed by atoms with Gasteiger partial charge in [0.05, 0.1) is 19.9 Å². The van der Waals surface area contributed by atoms with E-state index in [9.17, 15) is 4.79 Å². The van der Waals surface area contributed by atoms with Crippen LogP contribution in [0.4, 0.5) is 5.82 Å². The van der Waals surface area contributed by atoms with Gasteiger partial charge in [0.1, 0.15) is 5.82 Å². The van der Waals surface area contributed by atoms with Crippen LogP contribution in [-0.4, -0.2) is 30.3 Å². The zero-order chi connectivity index (χ0) is 17.3. The maximum absolute atomic E-state index is 12.4. The number of aryl methyl sites for hydroxylation is 1. The number of hydrogen-bond acceptors (Lipinski definition) is 5. The fourth-order valence-corrected chi connectivity index (χ4v) is 2.94. The molecule has 6 heteroatoms. The van der Waals surface area contributed by atoms with E-state index < -0.39 is 0 Å². The topological polar surface area (TPSA) is 65.4 Å². The van der Waals surface area contributed by atoms with Gasteiger partial charge in [-0.3, -0.25) is 4.57 Å². The zero-order valence-corrected chi connectivity index (χ0v) is 14.5. The van der Waals surface area contributed by atoms with E-state index in [-0.39, 0.29) is 5.69 Å². The summed E-state index contributed by atoms with van der Waals surface area (Å²) in [6.45, 7) is 5.62. The summed E-state index contributed by atoms with van der Waals surface area (Å²) in [5, 5.41) is 3.24. The molecule has 0 saturated heterocycles. The highest BCUT2D eigenvalue weighted by Crippen LogP contribution is 2.38. The first-order valence-electron chi connectivity index (χ1n) is 8.14. The number of hydrogen-bond donors (Lipinski definition) is 1. The first-order chi connectivity index (χ1) is 11.5. The molecule has 1 aromatic carbocycles. The van der Waals surface area contributed by atoms with Gasteiger partial charge in [-0.05, 0) is 30.0 Å². The Kier molecular flexibility index (Phi) is 4.46. The first kappa shape index (κ1) is 16.4.